The van der Waals surface area contributed by atoms with Crippen molar-refractivity contribution in [1.29, 1.82) is 0 Å². The highest BCUT2D eigenvalue weighted by Crippen LogP contribution is 2.38. The van der Waals surface area contributed by atoms with Gasteiger partial charge in [-0.2, -0.15) is 0 Å². The number of fused-ring (bicyclic) bond motifs is 3. The molecule has 1 fully saturated rings. The molecule has 180 valence electrons. The predicted molar refractivity (Wildman–Crippen MR) is 148 cm³/mol. The first-order chi connectivity index (χ1) is 17.5. The van der Waals surface area contributed by atoms with E-state index in [2.05, 4.69) is 58.5 Å². The molecule has 3 heterocycles. The monoisotopic (exact) mass is 474 g/mol. The Morgan fingerprint density at radius 2 is 1.69 bits per heavy atom. The van der Waals surface area contributed by atoms with Crippen LogP contribution in [0.4, 0.5) is 11.4 Å². The second kappa shape index (κ2) is 8.83. The van der Waals surface area contributed by atoms with Crippen LogP contribution < -0.4 is 10.2 Å². The van der Waals surface area contributed by atoms with E-state index >= 15 is 0 Å². The third-order valence-corrected chi connectivity index (χ3v) is 7.46. The van der Waals surface area contributed by atoms with Crippen molar-refractivity contribution in [2.45, 2.75) is 33.1 Å². The summed E-state index contributed by atoms with van der Waals surface area (Å²) in [5.41, 5.74) is 9.13. The number of aromatic nitrogens is 2. The van der Waals surface area contributed by atoms with Crippen molar-refractivity contribution in [2.24, 2.45) is 0 Å². The van der Waals surface area contributed by atoms with Gasteiger partial charge in [0.1, 0.15) is 5.69 Å². The highest BCUT2D eigenvalue weighted by atomic mass is 16.1. The maximum atomic E-state index is 13.5. The minimum absolute atomic E-state index is 0.173. The van der Waals surface area contributed by atoms with E-state index in [1.165, 1.54) is 11.3 Å². The molecule has 0 saturated carbocycles. The van der Waals surface area contributed by atoms with Crippen LogP contribution in [0.5, 0.6) is 0 Å². The predicted octanol–water partition coefficient (Wildman–Crippen LogP) is 6.75. The summed E-state index contributed by atoms with van der Waals surface area (Å²) in [4.78, 5) is 24.5. The number of nitrogens with one attached hydrogen (secondary N) is 2. The summed E-state index contributed by atoms with van der Waals surface area (Å²) < 4.78 is 0. The Morgan fingerprint density at radius 1 is 0.972 bits per heavy atom. The smallest absolute Gasteiger partial charge is 0.274 e. The number of hydrogen-bond acceptors (Lipinski definition) is 3. The summed E-state index contributed by atoms with van der Waals surface area (Å²) in [5.74, 6) is 0.0757. The average Bonchev–Trinajstić information content (AvgIpc) is 3.24. The van der Waals surface area contributed by atoms with Crippen molar-refractivity contribution < 1.29 is 4.79 Å². The first-order valence-corrected chi connectivity index (χ1v) is 12.6. The van der Waals surface area contributed by atoms with E-state index in [1.807, 2.05) is 50.2 Å². The number of H-pyrrole nitrogens is 1. The van der Waals surface area contributed by atoms with Gasteiger partial charge in [-0.25, -0.2) is 4.98 Å². The highest BCUT2D eigenvalue weighted by Gasteiger charge is 2.33. The molecule has 2 N–H and O–H groups in total. The molecule has 0 radical (unpaired) electrons. The van der Waals surface area contributed by atoms with Gasteiger partial charge in [-0.15, -0.1) is 0 Å². The number of benzene rings is 3. The third kappa shape index (κ3) is 3.72. The molecule has 36 heavy (non-hydrogen) atoms. The Labute approximate surface area is 211 Å². The number of aryl methyl sites for hydroxylation is 3. The zero-order valence-corrected chi connectivity index (χ0v) is 20.9. The molecule has 0 aliphatic carbocycles. The lowest BCUT2D eigenvalue weighted by Gasteiger charge is -2.42. The molecule has 5 aromatic rings. The fraction of sp³-hybridized carbons (Fsp3) is 0.226. The van der Waals surface area contributed by atoms with Gasteiger partial charge < -0.3 is 15.2 Å². The first kappa shape index (κ1) is 22.4. The molecule has 1 aliphatic rings. The molecule has 1 aliphatic heterocycles. The van der Waals surface area contributed by atoms with E-state index in [-0.39, 0.29) is 11.8 Å². The minimum Gasteiger partial charge on any atom is -0.370 e. The number of carbonyl (C=O) groups is 1. The van der Waals surface area contributed by atoms with Crippen LogP contribution in [0.2, 0.25) is 0 Å². The van der Waals surface area contributed by atoms with E-state index in [0.717, 1.165) is 63.8 Å². The second-order valence-electron chi connectivity index (χ2n) is 9.79. The van der Waals surface area contributed by atoms with Crippen LogP contribution in [-0.2, 0) is 6.42 Å². The van der Waals surface area contributed by atoms with Crippen molar-refractivity contribution >= 4 is 39.1 Å². The van der Waals surface area contributed by atoms with Crippen molar-refractivity contribution in [3.8, 4) is 0 Å². The number of rotatable bonds is 5. The molecule has 3 aromatic carbocycles. The van der Waals surface area contributed by atoms with Gasteiger partial charge in [0.25, 0.3) is 5.91 Å². The van der Waals surface area contributed by atoms with Crippen LogP contribution >= 0.6 is 0 Å². The van der Waals surface area contributed by atoms with Gasteiger partial charge in [0.05, 0.1) is 11.2 Å². The molecular weight excluding hydrogens is 444 g/mol. The van der Waals surface area contributed by atoms with E-state index in [9.17, 15) is 4.79 Å². The van der Waals surface area contributed by atoms with Gasteiger partial charge in [-0.05, 0) is 55.2 Å². The summed E-state index contributed by atoms with van der Waals surface area (Å²) in [6.07, 6.45) is 1.01. The molecule has 5 nitrogen and oxygen atoms in total. The van der Waals surface area contributed by atoms with Gasteiger partial charge in [0.2, 0.25) is 0 Å². The number of anilines is 2. The van der Waals surface area contributed by atoms with Gasteiger partial charge in [-0.3, -0.25) is 4.79 Å². The average molecular weight is 475 g/mol. The van der Waals surface area contributed by atoms with Crippen LogP contribution in [0.15, 0.2) is 72.8 Å². The lowest BCUT2D eigenvalue weighted by molar-refractivity contribution is 0.102. The lowest BCUT2D eigenvalue weighted by Crippen LogP contribution is -2.46. The van der Waals surface area contributed by atoms with Gasteiger partial charge >= 0.3 is 0 Å². The molecule has 6 rings (SSSR count). The summed E-state index contributed by atoms with van der Waals surface area (Å²) in [6, 6.07) is 24.9. The van der Waals surface area contributed by atoms with Crippen molar-refractivity contribution in [3.63, 3.8) is 0 Å². The number of para-hydroxylation sites is 3. The second-order valence-corrected chi connectivity index (χ2v) is 9.79. The number of nitrogens with zero attached hydrogens (tertiary/aromatic N) is 2. The van der Waals surface area contributed by atoms with Crippen molar-refractivity contribution in [3.05, 3.63) is 101 Å². The van der Waals surface area contributed by atoms with Gasteiger partial charge in [0.15, 0.2) is 0 Å². The van der Waals surface area contributed by atoms with E-state index in [1.54, 1.807) is 0 Å². The fourth-order valence-corrected chi connectivity index (χ4v) is 5.44. The van der Waals surface area contributed by atoms with E-state index in [4.69, 9.17) is 4.98 Å². The molecule has 0 unspecified atom stereocenters. The van der Waals surface area contributed by atoms with Crippen molar-refractivity contribution in [2.75, 3.05) is 23.3 Å². The molecule has 0 bridgehead atoms. The zero-order chi connectivity index (χ0) is 24.8. The molecule has 1 saturated heterocycles. The molecule has 2 aromatic heterocycles. The Morgan fingerprint density at radius 3 is 2.47 bits per heavy atom. The lowest BCUT2D eigenvalue weighted by atomic mass is 9.92. The van der Waals surface area contributed by atoms with Crippen LogP contribution in [0.1, 0.15) is 45.7 Å². The van der Waals surface area contributed by atoms with Crippen LogP contribution in [0.3, 0.4) is 0 Å². The number of carbonyl (C=O) groups excluding carboxylic acids is 1. The highest BCUT2D eigenvalue weighted by molar-refractivity contribution is 6.12. The minimum atomic E-state index is -0.173. The van der Waals surface area contributed by atoms with Gasteiger partial charge in [-0.1, -0.05) is 61.5 Å². The maximum absolute atomic E-state index is 13.5. The molecule has 0 spiro atoms. The van der Waals surface area contributed by atoms with Crippen LogP contribution in [0, 0.1) is 13.8 Å². The van der Waals surface area contributed by atoms with E-state index in [0.29, 0.717) is 5.69 Å². The first-order valence-electron chi connectivity index (χ1n) is 12.6. The summed E-state index contributed by atoms with van der Waals surface area (Å²) in [5, 5.41) is 5.30. The molecule has 1 amide bonds. The molecule has 0 atom stereocenters. The van der Waals surface area contributed by atoms with Crippen molar-refractivity contribution in [1.82, 2.24) is 9.97 Å². The normalized spacial score (nSPS) is 13.8. The van der Waals surface area contributed by atoms with Crippen LogP contribution in [0.25, 0.3) is 21.8 Å². The number of amides is 1. The summed E-state index contributed by atoms with van der Waals surface area (Å²) >= 11 is 0. The largest absolute Gasteiger partial charge is 0.370 e. The summed E-state index contributed by atoms with van der Waals surface area (Å²) in [7, 11) is 0. The quantitative estimate of drug-likeness (QED) is 0.296. The van der Waals surface area contributed by atoms with E-state index < -0.39 is 0 Å². The Balaban J connectivity index is 1.40. The Kier molecular flexibility index (Phi) is 5.48. The number of hydrogen-bond donors (Lipinski definition) is 2. The topological polar surface area (TPSA) is 61.0 Å². The number of pyridine rings is 1. The Hall–Kier alpha value is -4.12. The number of aromatic amines is 1. The Bertz CT molecular complexity index is 1590. The molecule has 5 heteroatoms. The standard InChI is InChI=1S/C31H30N4O/c1-4-21-12-5-8-15-27(21)35-17-22(18-35)29-30-24(23-13-6-7-14-25(23)32-30)16-26(33-29)31(36)34-28-19(2)10-9-11-20(28)3/h5-16,22,32H,4,17-18H2,1-3H3,(H,34,36). The zero-order valence-electron chi connectivity index (χ0n) is 20.9. The third-order valence-electron chi connectivity index (χ3n) is 7.46. The maximum Gasteiger partial charge on any atom is 0.274 e. The molecular formula is C31H30N4O. The van der Waals surface area contributed by atoms with Gasteiger partial charge in [0, 0.05) is 46.7 Å². The SMILES string of the molecule is CCc1ccccc1N1CC(c2nc(C(=O)Nc3c(C)cccc3C)cc3c2[nH]c2ccccc23)C1. The summed E-state index contributed by atoms with van der Waals surface area (Å²) in [6.45, 7) is 8.00. The van der Waals surface area contributed by atoms with Crippen LogP contribution in [-0.4, -0.2) is 29.0 Å². The fourth-order valence-electron chi connectivity index (χ4n) is 5.44.